The molecule has 1 aromatic carbocycles. The number of nitrogens with one attached hydrogen (secondary N) is 1. The van der Waals surface area contributed by atoms with Gasteiger partial charge in [-0.1, -0.05) is 23.9 Å². The lowest BCUT2D eigenvalue weighted by molar-refractivity contribution is -0.143. The summed E-state index contributed by atoms with van der Waals surface area (Å²) in [6.07, 6.45) is -1.02. The number of para-hydroxylation sites is 2. The van der Waals surface area contributed by atoms with Crippen LogP contribution < -0.4 is 0 Å². The van der Waals surface area contributed by atoms with Gasteiger partial charge in [0, 0.05) is 5.69 Å². The fourth-order valence-corrected chi connectivity index (χ4v) is 3.55. The average Bonchev–Trinajstić information content (AvgIpc) is 3.25. The molecular formula is C20H20N2O6S. The zero-order chi connectivity index (χ0) is 21.1. The number of carbonyl (C=O) groups is 3. The van der Waals surface area contributed by atoms with Crippen molar-refractivity contribution in [1.29, 1.82) is 0 Å². The molecule has 3 rings (SSSR count). The molecule has 0 saturated heterocycles. The van der Waals surface area contributed by atoms with Gasteiger partial charge >= 0.3 is 11.9 Å². The zero-order valence-electron chi connectivity index (χ0n) is 16.4. The molecule has 9 heteroatoms. The molecule has 0 spiro atoms. The van der Waals surface area contributed by atoms with Crippen LogP contribution in [0.4, 0.5) is 0 Å². The highest BCUT2D eigenvalue weighted by atomic mass is 32.2. The molecule has 1 N–H and O–H groups in total. The number of fused-ring (bicyclic) bond motifs is 1. The highest BCUT2D eigenvalue weighted by molar-refractivity contribution is 7.99. The van der Waals surface area contributed by atoms with Crippen LogP contribution in [0.1, 0.15) is 39.0 Å². The first-order chi connectivity index (χ1) is 13.8. The monoisotopic (exact) mass is 416 g/mol. The van der Waals surface area contributed by atoms with Crippen LogP contribution in [0, 0.1) is 13.8 Å². The number of nitrogens with zero attached hydrogens (tertiary/aromatic N) is 1. The molecule has 2 aromatic heterocycles. The number of rotatable bonds is 7. The van der Waals surface area contributed by atoms with Gasteiger partial charge in [0.1, 0.15) is 11.3 Å². The van der Waals surface area contributed by atoms with Gasteiger partial charge in [-0.05, 0) is 38.5 Å². The van der Waals surface area contributed by atoms with E-state index in [0.717, 1.165) is 11.8 Å². The number of esters is 2. The predicted octanol–water partition coefficient (Wildman–Crippen LogP) is 3.47. The lowest BCUT2D eigenvalue weighted by atomic mass is 10.1. The van der Waals surface area contributed by atoms with Gasteiger partial charge in [0.2, 0.25) is 5.78 Å². The second kappa shape index (κ2) is 8.52. The molecule has 0 amide bonds. The summed E-state index contributed by atoms with van der Waals surface area (Å²) in [5, 5.41) is 0.348. The number of ether oxygens (including phenoxy) is 2. The van der Waals surface area contributed by atoms with E-state index in [1.54, 1.807) is 19.9 Å². The number of aryl methyl sites for hydroxylation is 1. The van der Waals surface area contributed by atoms with Crippen molar-refractivity contribution in [2.75, 3.05) is 12.9 Å². The van der Waals surface area contributed by atoms with Crippen LogP contribution in [0.2, 0.25) is 0 Å². The maximum Gasteiger partial charge on any atom is 0.339 e. The molecule has 0 radical (unpaired) electrons. The van der Waals surface area contributed by atoms with Crippen LogP contribution in [0.5, 0.6) is 0 Å². The lowest BCUT2D eigenvalue weighted by Gasteiger charge is -2.11. The van der Waals surface area contributed by atoms with Gasteiger partial charge in [0.25, 0.3) is 5.22 Å². The van der Waals surface area contributed by atoms with E-state index in [0.29, 0.717) is 33.1 Å². The number of hydrogen-bond donors (Lipinski definition) is 1. The van der Waals surface area contributed by atoms with Crippen LogP contribution in [0.15, 0.2) is 33.9 Å². The van der Waals surface area contributed by atoms with E-state index in [2.05, 4.69) is 9.97 Å². The molecule has 0 saturated carbocycles. The van der Waals surface area contributed by atoms with Gasteiger partial charge in [0.05, 0.1) is 18.4 Å². The van der Waals surface area contributed by atoms with E-state index in [1.807, 2.05) is 18.2 Å². The standard InChI is InChI=1S/C20H20N2O6S/c1-10-16(19(25)26-4)11(2)21-17(10)18(24)12(3)27-15(23)9-29-20-22-13-7-5-6-8-14(13)28-20/h5-8,12,21H,9H2,1-4H3. The fourth-order valence-electron chi connectivity index (χ4n) is 2.93. The summed E-state index contributed by atoms with van der Waals surface area (Å²) in [5.74, 6) is -1.59. The minimum absolute atomic E-state index is 0.0550. The third kappa shape index (κ3) is 4.34. The summed E-state index contributed by atoms with van der Waals surface area (Å²) >= 11 is 1.09. The number of aromatic amines is 1. The number of hydrogen-bond acceptors (Lipinski definition) is 8. The van der Waals surface area contributed by atoms with Crippen LogP contribution in [0.25, 0.3) is 11.1 Å². The molecule has 2 heterocycles. The van der Waals surface area contributed by atoms with Gasteiger partial charge < -0.3 is 18.9 Å². The van der Waals surface area contributed by atoms with Crippen molar-refractivity contribution >= 4 is 40.6 Å². The number of ketones is 1. The van der Waals surface area contributed by atoms with Crippen molar-refractivity contribution < 1.29 is 28.3 Å². The second-order valence-corrected chi connectivity index (χ2v) is 7.28. The molecule has 1 unspecified atom stereocenters. The summed E-state index contributed by atoms with van der Waals surface area (Å²) in [7, 11) is 1.27. The Labute approximate surface area is 171 Å². The summed E-state index contributed by atoms with van der Waals surface area (Å²) in [6, 6.07) is 7.27. The van der Waals surface area contributed by atoms with Crippen molar-refractivity contribution in [3.63, 3.8) is 0 Å². The maximum absolute atomic E-state index is 12.7. The first-order valence-electron chi connectivity index (χ1n) is 8.81. The number of Topliss-reactive ketones (excluding diaryl/α,β-unsaturated/α-hetero) is 1. The summed E-state index contributed by atoms with van der Waals surface area (Å²) in [6.45, 7) is 4.79. The molecule has 0 aliphatic carbocycles. The van der Waals surface area contributed by atoms with Gasteiger partial charge in [-0.2, -0.15) is 0 Å². The molecular weight excluding hydrogens is 396 g/mol. The third-order valence-electron chi connectivity index (χ3n) is 4.34. The molecule has 0 aliphatic heterocycles. The van der Waals surface area contributed by atoms with Gasteiger partial charge in [-0.15, -0.1) is 0 Å². The van der Waals surface area contributed by atoms with Gasteiger partial charge in [-0.25, -0.2) is 9.78 Å². The van der Waals surface area contributed by atoms with Crippen LogP contribution in [0.3, 0.4) is 0 Å². The van der Waals surface area contributed by atoms with Crippen molar-refractivity contribution in [3.8, 4) is 0 Å². The molecule has 152 valence electrons. The molecule has 0 bridgehead atoms. The fraction of sp³-hybridized carbons (Fsp3) is 0.300. The number of oxazole rings is 1. The Bertz CT molecular complexity index is 1050. The Hall–Kier alpha value is -3.07. The van der Waals surface area contributed by atoms with E-state index in [-0.39, 0.29) is 11.4 Å². The Morgan fingerprint density at radius 1 is 1.24 bits per heavy atom. The number of benzene rings is 1. The Balaban J connectivity index is 1.62. The first kappa shape index (κ1) is 20.7. The molecule has 0 aliphatic rings. The van der Waals surface area contributed by atoms with Gasteiger partial charge in [0.15, 0.2) is 11.7 Å². The number of thioether (sulfide) groups is 1. The van der Waals surface area contributed by atoms with Gasteiger partial charge in [-0.3, -0.25) is 9.59 Å². The SMILES string of the molecule is COC(=O)c1c(C)[nH]c(C(=O)C(C)OC(=O)CSc2nc3ccccc3o2)c1C. The molecule has 0 fully saturated rings. The van der Waals surface area contributed by atoms with E-state index in [4.69, 9.17) is 13.9 Å². The van der Waals surface area contributed by atoms with Crippen LogP contribution >= 0.6 is 11.8 Å². The minimum Gasteiger partial charge on any atom is -0.465 e. The normalized spacial score (nSPS) is 12.0. The van der Waals surface area contributed by atoms with Crippen molar-refractivity contribution in [2.24, 2.45) is 0 Å². The minimum atomic E-state index is -1.02. The Morgan fingerprint density at radius 3 is 2.66 bits per heavy atom. The molecule has 3 aromatic rings. The van der Waals surface area contributed by atoms with E-state index < -0.39 is 23.8 Å². The molecule has 29 heavy (non-hydrogen) atoms. The van der Waals surface area contributed by atoms with Crippen molar-refractivity contribution in [2.45, 2.75) is 32.1 Å². The van der Waals surface area contributed by atoms with E-state index >= 15 is 0 Å². The largest absolute Gasteiger partial charge is 0.465 e. The van der Waals surface area contributed by atoms with Crippen molar-refractivity contribution in [1.82, 2.24) is 9.97 Å². The molecule has 1 atom stereocenters. The topological polar surface area (TPSA) is 111 Å². The smallest absolute Gasteiger partial charge is 0.339 e. The highest BCUT2D eigenvalue weighted by Crippen LogP contribution is 2.24. The Morgan fingerprint density at radius 2 is 1.97 bits per heavy atom. The predicted molar refractivity (Wildman–Crippen MR) is 106 cm³/mol. The first-order valence-corrected chi connectivity index (χ1v) is 9.80. The number of aromatic nitrogens is 2. The maximum atomic E-state index is 12.7. The third-order valence-corrected chi connectivity index (χ3v) is 5.14. The second-order valence-electron chi connectivity index (χ2n) is 6.35. The average molecular weight is 416 g/mol. The summed E-state index contributed by atoms with van der Waals surface area (Å²) < 4.78 is 15.5. The zero-order valence-corrected chi connectivity index (χ0v) is 17.2. The van der Waals surface area contributed by atoms with Crippen LogP contribution in [-0.4, -0.2) is 46.7 Å². The summed E-state index contributed by atoms with van der Waals surface area (Å²) in [5.41, 5.74) is 2.83. The number of H-pyrrole nitrogens is 1. The van der Waals surface area contributed by atoms with Crippen LogP contribution in [-0.2, 0) is 14.3 Å². The lowest BCUT2D eigenvalue weighted by Crippen LogP contribution is -2.26. The quantitative estimate of drug-likeness (QED) is 0.354. The van der Waals surface area contributed by atoms with Crippen molar-refractivity contribution in [3.05, 3.63) is 46.8 Å². The summed E-state index contributed by atoms with van der Waals surface area (Å²) in [4.78, 5) is 43.8. The number of methoxy groups -OCH3 is 1. The van der Waals surface area contributed by atoms with E-state index in [1.165, 1.54) is 14.0 Å². The Kier molecular flexibility index (Phi) is 6.07. The number of carbonyl (C=O) groups excluding carboxylic acids is 3. The van der Waals surface area contributed by atoms with E-state index in [9.17, 15) is 14.4 Å². The highest BCUT2D eigenvalue weighted by Gasteiger charge is 2.27. The molecule has 8 nitrogen and oxygen atoms in total.